The Morgan fingerprint density at radius 3 is 2.71 bits per heavy atom. The van der Waals surface area contributed by atoms with Gasteiger partial charge in [0.1, 0.15) is 0 Å². The molecule has 14 heteroatoms. The molecule has 1 unspecified atom stereocenters. The topological polar surface area (TPSA) is 144 Å². The third-order valence-corrected chi connectivity index (χ3v) is 6.06. The first-order chi connectivity index (χ1) is 16.6. The summed E-state index contributed by atoms with van der Waals surface area (Å²) in [5, 5.41) is 10.7. The highest BCUT2D eigenvalue weighted by Crippen LogP contribution is 2.52. The van der Waals surface area contributed by atoms with Crippen LogP contribution in [-0.2, 0) is 13.8 Å². The monoisotopic (exact) mass is 510 g/mol. The fourth-order valence-electron chi connectivity index (χ4n) is 3.65. The summed E-state index contributed by atoms with van der Waals surface area (Å²) >= 11 is 0. The number of aromatic nitrogens is 4. The van der Waals surface area contributed by atoms with Gasteiger partial charge in [0.2, 0.25) is 17.5 Å². The van der Waals surface area contributed by atoms with Crippen LogP contribution in [0.3, 0.4) is 0 Å². The zero-order valence-corrected chi connectivity index (χ0v) is 19.7. The van der Waals surface area contributed by atoms with Gasteiger partial charge < -0.3 is 20.3 Å². The standard InChI is InChI=1S/C21H23F2N5O6P/c1-4-31-16-14-15(26-19(24)27-16)28(11-25-14)18-21(23,12(2)3)17(29)20(22,33-18)10-32-35(30)34-13-8-6-5-7-9-13/h5-9,11,17-18,29H,2,4,10H2,1,3H3,(H2,24,26,27)/q+1/t17-,18-,20-,21-/m1/s1. The predicted molar refractivity (Wildman–Crippen MR) is 120 cm³/mol. The second kappa shape index (κ2) is 9.42. The molecule has 11 nitrogen and oxygen atoms in total. The van der Waals surface area contributed by atoms with Crippen LogP contribution in [0.15, 0.2) is 48.8 Å². The Morgan fingerprint density at radius 1 is 1.34 bits per heavy atom. The summed E-state index contributed by atoms with van der Waals surface area (Å²) < 4.78 is 66.1. The molecule has 35 heavy (non-hydrogen) atoms. The van der Waals surface area contributed by atoms with Crippen molar-refractivity contribution >= 4 is 25.4 Å². The summed E-state index contributed by atoms with van der Waals surface area (Å²) in [6.07, 6.45) is -3.12. The van der Waals surface area contributed by atoms with Crippen LogP contribution in [-0.4, -0.2) is 55.5 Å². The van der Waals surface area contributed by atoms with E-state index in [1.54, 1.807) is 25.1 Å². The summed E-state index contributed by atoms with van der Waals surface area (Å²) in [5.41, 5.74) is 2.75. The SMILES string of the molecule is C=C(C)[C@]1(F)[C@H](n2cnc3c(OCC)nc(N)nc32)O[C@](F)(CO[P+](=O)Oc2ccccc2)[C@H]1O. The van der Waals surface area contributed by atoms with Gasteiger partial charge in [0, 0.05) is 4.57 Å². The van der Waals surface area contributed by atoms with Gasteiger partial charge >= 0.3 is 8.25 Å². The number of hydrogen-bond acceptors (Lipinski definition) is 10. The Labute approximate surface area is 199 Å². The Bertz CT molecular complexity index is 1260. The van der Waals surface area contributed by atoms with Crippen molar-refractivity contribution in [3.05, 3.63) is 48.8 Å². The van der Waals surface area contributed by atoms with E-state index in [1.165, 1.54) is 19.1 Å². The number of aliphatic hydroxyl groups excluding tert-OH is 1. The van der Waals surface area contributed by atoms with E-state index in [-0.39, 0.29) is 40.9 Å². The molecular weight excluding hydrogens is 487 g/mol. The minimum absolute atomic E-state index is 0.0231. The van der Waals surface area contributed by atoms with E-state index < -0.39 is 38.7 Å². The normalized spacial score (nSPS) is 26.6. The third kappa shape index (κ3) is 4.43. The second-order valence-electron chi connectivity index (χ2n) is 7.75. The number of para-hydroxylation sites is 1. The lowest BCUT2D eigenvalue weighted by Gasteiger charge is -2.29. The number of halogens is 2. The molecule has 3 heterocycles. The Kier molecular flexibility index (Phi) is 6.69. The van der Waals surface area contributed by atoms with Crippen molar-refractivity contribution in [2.45, 2.75) is 37.7 Å². The minimum atomic E-state index is -3.14. The van der Waals surface area contributed by atoms with Crippen LogP contribution in [0, 0.1) is 0 Å². The molecule has 186 valence electrons. The highest BCUT2D eigenvalue weighted by molar-refractivity contribution is 7.33. The molecule has 0 aliphatic carbocycles. The van der Waals surface area contributed by atoms with Crippen LogP contribution in [0.2, 0.25) is 0 Å². The highest BCUT2D eigenvalue weighted by Gasteiger charge is 2.68. The van der Waals surface area contributed by atoms with Crippen LogP contribution in [0.5, 0.6) is 11.6 Å². The maximum Gasteiger partial charge on any atom is 0.750 e. The van der Waals surface area contributed by atoms with Crippen molar-refractivity contribution in [1.29, 1.82) is 0 Å². The summed E-state index contributed by atoms with van der Waals surface area (Å²) in [6, 6.07) is 8.02. The van der Waals surface area contributed by atoms with Gasteiger partial charge in [0.25, 0.3) is 5.85 Å². The Morgan fingerprint density at radius 2 is 2.06 bits per heavy atom. The van der Waals surface area contributed by atoms with E-state index in [0.717, 1.165) is 10.9 Å². The largest absolute Gasteiger partial charge is 0.750 e. The van der Waals surface area contributed by atoms with Crippen LogP contribution in [0.1, 0.15) is 20.1 Å². The molecule has 1 aromatic carbocycles. The van der Waals surface area contributed by atoms with E-state index >= 15 is 8.78 Å². The average Bonchev–Trinajstić information content (AvgIpc) is 3.32. The molecule has 1 aliphatic heterocycles. The molecule has 3 aromatic rings. The lowest BCUT2D eigenvalue weighted by atomic mass is 9.88. The highest BCUT2D eigenvalue weighted by atomic mass is 31.1. The number of alkyl halides is 2. The summed E-state index contributed by atoms with van der Waals surface area (Å²) in [6.45, 7) is 5.67. The fourth-order valence-corrected chi connectivity index (χ4v) is 4.28. The van der Waals surface area contributed by atoms with Crippen LogP contribution in [0.25, 0.3) is 11.2 Å². The smallest absolute Gasteiger partial charge is 0.476 e. The zero-order chi connectivity index (χ0) is 25.4. The van der Waals surface area contributed by atoms with Gasteiger partial charge in [0.15, 0.2) is 35.9 Å². The van der Waals surface area contributed by atoms with Gasteiger partial charge in [0.05, 0.1) is 12.9 Å². The molecule has 0 saturated carbocycles. The molecule has 1 fully saturated rings. The molecule has 1 aliphatic rings. The number of fused-ring (bicyclic) bond motifs is 1. The average molecular weight is 510 g/mol. The number of ether oxygens (including phenoxy) is 2. The number of rotatable bonds is 9. The van der Waals surface area contributed by atoms with Crippen molar-refractivity contribution in [2.75, 3.05) is 18.9 Å². The van der Waals surface area contributed by atoms with Gasteiger partial charge in [-0.1, -0.05) is 24.8 Å². The minimum Gasteiger partial charge on any atom is -0.476 e. The van der Waals surface area contributed by atoms with Crippen molar-refractivity contribution in [3.63, 3.8) is 0 Å². The van der Waals surface area contributed by atoms with E-state index in [9.17, 15) is 9.67 Å². The molecule has 3 N–H and O–H groups in total. The molecule has 0 radical (unpaired) electrons. The lowest BCUT2D eigenvalue weighted by molar-refractivity contribution is -0.202. The number of aliphatic hydroxyl groups is 1. The Hall–Kier alpha value is -3.25. The molecule has 0 spiro atoms. The summed E-state index contributed by atoms with van der Waals surface area (Å²) in [4.78, 5) is 12.1. The first kappa shape index (κ1) is 24.9. The lowest BCUT2D eigenvalue weighted by Crippen LogP contribution is -2.48. The number of anilines is 1. The number of nitrogens with zero attached hydrogens (tertiary/aromatic N) is 4. The number of benzene rings is 1. The first-order valence-corrected chi connectivity index (χ1v) is 11.6. The van der Waals surface area contributed by atoms with Gasteiger partial charge in [-0.15, -0.1) is 4.52 Å². The van der Waals surface area contributed by atoms with Crippen LogP contribution < -0.4 is 15.0 Å². The summed E-state index contributed by atoms with van der Waals surface area (Å²) in [5.74, 6) is -3.09. The van der Waals surface area contributed by atoms with Crippen LogP contribution >= 0.6 is 8.25 Å². The Balaban J connectivity index is 1.64. The summed E-state index contributed by atoms with van der Waals surface area (Å²) in [7, 11) is -2.87. The van der Waals surface area contributed by atoms with Crippen molar-refractivity contribution in [1.82, 2.24) is 19.5 Å². The molecule has 2 aromatic heterocycles. The van der Waals surface area contributed by atoms with Crippen LogP contribution in [0.4, 0.5) is 14.7 Å². The maximum absolute atomic E-state index is 16.3. The van der Waals surface area contributed by atoms with Crippen molar-refractivity contribution in [3.8, 4) is 11.6 Å². The van der Waals surface area contributed by atoms with Crippen molar-refractivity contribution < 1.29 is 37.0 Å². The van der Waals surface area contributed by atoms with Gasteiger partial charge in [-0.05, 0) is 31.6 Å². The fraction of sp³-hybridized carbons (Fsp3) is 0.381. The maximum atomic E-state index is 16.3. The first-order valence-electron chi connectivity index (χ1n) is 10.5. The quantitative estimate of drug-likeness (QED) is 0.325. The van der Waals surface area contributed by atoms with Gasteiger partial charge in [-0.2, -0.15) is 9.97 Å². The zero-order valence-electron chi connectivity index (χ0n) is 18.8. The van der Waals surface area contributed by atoms with E-state index in [1.807, 2.05) is 0 Å². The number of hydrogen-bond donors (Lipinski definition) is 2. The van der Waals surface area contributed by atoms with Gasteiger partial charge in [-0.25, -0.2) is 18.3 Å². The molecule has 0 amide bonds. The number of nitrogens with two attached hydrogens (primary N) is 1. The molecular formula is C21H23F2N5O6P+. The molecule has 0 bridgehead atoms. The van der Waals surface area contributed by atoms with E-state index in [2.05, 4.69) is 21.5 Å². The molecule has 5 atom stereocenters. The second-order valence-corrected chi connectivity index (χ2v) is 8.64. The molecule has 4 rings (SSSR count). The van der Waals surface area contributed by atoms with Gasteiger partial charge in [-0.3, -0.25) is 4.57 Å². The third-order valence-electron chi connectivity index (χ3n) is 5.36. The van der Waals surface area contributed by atoms with E-state index in [4.69, 9.17) is 24.3 Å². The van der Waals surface area contributed by atoms with E-state index in [0.29, 0.717) is 0 Å². The van der Waals surface area contributed by atoms with Crippen molar-refractivity contribution in [2.24, 2.45) is 0 Å². The number of imidazole rings is 1. The molecule has 1 saturated heterocycles. The predicted octanol–water partition coefficient (Wildman–Crippen LogP) is 3.40. The number of nitrogen functional groups attached to an aromatic ring is 1.